The summed E-state index contributed by atoms with van der Waals surface area (Å²) in [4.78, 5) is 11.7. The van der Waals surface area contributed by atoms with E-state index in [1.807, 2.05) is 0 Å². The molecule has 0 unspecified atom stereocenters. The zero-order chi connectivity index (χ0) is 12.3. The second kappa shape index (κ2) is 5.24. The summed E-state index contributed by atoms with van der Waals surface area (Å²) in [6.07, 6.45) is 3.77. The predicted molar refractivity (Wildman–Crippen MR) is 62.3 cm³/mol. The summed E-state index contributed by atoms with van der Waals surface area (Å²) in [5, 5.41) is 12.8. The third kappa shape index (κ3) is 3.01. The molecule has 0 aliphatic carbocycles. The Morgan fingerprint density at radius 1 is 1.53 bits per heavy atom. The van der Waals surface area contributed by atoms with Crippen molar-refractivity contribution in [1.82, 2.24) is 30.7 Å². The molecule has 1 aliphatic rings. The fraction of sp³-hybridized carbons (Fsp3) is 0.700. The Morgan fingerprint density at radius 2 is 2.24 bits per heavy atom. The van der Waals surface area contributed by atoms with Crippen molar-refractivity contribution in [3.8, 4) is 0 Å². The first-order valence-corrected chi connectivity index (χ1v) is 5.77. The lowest BCUT2D eigenvalue weighted by Crippen LogP contribution is -2.36. The van der Waals surface area contributed by atoms with Crippen LogP contribution in [0, 0.1) is 0 Å². The summed E-state index contributed by atoms with van der Waals surface area (Å²) >= 11 is 0. The van der Waals surface area contributed by atoms with Gasteiger partial charge in [-0.2, -0.15) is 0 Å². The quantitative estimate of drug-likeness (QED) is 0.688. The Labute approximate surface area is 100 Å². The first-order chi connectivity index (χ1) is 8.16. The number of rotatable bonds is 3. The largest absolute Gasteiger partial charge is 0.317 e. The summed E-state index contributed by atoms with van der Waals surface area (Å²) in [5.41, 5.74) is 3.00. The lowest BCUT2D eigenvalue weighted by Gasteiger charge is -2.22. The van der Waals surface area contributed by atoms with E-state index in [0.717, 1.165) is 25.9 Å². The van der Waals surface area contributed by atoms with Gasteiger partial charge in [0.05, 0.1) is 12.2 Å². The lowest BCUT2D eigenvalue weighted by atomic mass is 10.1. The molecule has 0 radical (unpaired) electrons. The Morgan fingerprint density at radius 3 is 2.88 bits per heavy atom. The van der Waals surface area contributed by atoms with Gasteiger partial charge < -0.3 is 5.32 Å². The Hall–Kier alpha value is -1.47. The zero-order valence-electron chi connectivity index (χ0n) is 10.2. The number of piperidine rings is 1. The highest BCUT2D eigenvalue weighted by Gasteiger charge is 2.18. The van der Waals surface area contributed by atoms with Gasteiger partial charge in [-0.05, 0) is 25.9 Å². The van der Waals surface area contributed by atoms with Crippen LogP contribution in [0.2, 0.25) is 0 Å². The standard InChI is InChI=1S/C10H18N6O/c1-15(2)13-10(17)9-7-16(14-12-9)8-3-5-11-6-4-8/h7-8,11H,3-6H2,1-2H3,(H,13,17). The summed E-state index contributed by atoms with van der Waals surface area (Å²) in [7, 11) is 3.52. The zero-order valence-corrected chi connectivity index (χ0v) is 10.2. The number of carbonyl (C=O) groups excluding carboxylic acids is 1. The van der Waals surface area contributed by atoms with Crippen LogP contribution >= 0.6 is 0 Å². The SMILES string of the molecule is CN(C)NC(=O)c1cn(C2CCNCC2)nn1. The van der Waals surface area contributed by atoms with E-state index in [9.17, 15) is 4.79 Å². The van der Waals surface area contributed by atoms with Crippen molar-refractivity contribution in [1.29, 1.82) is 0 Å². The van der Waals surface area contributed by atoms with Crippen molar-refractivity contribution in [2.75, 3.05) is 27.2 Å². The molecule has 1 amide bonds. The molecule has 17 heavy (non-hydrogen) atoms. The van der Waals surface area contributed by atoms with Crippen LogP contribution in [-0.4, -0.2) is 53.1 Å². The number of nitrogens with one attached hydrogen (secondary N) is 2. The highest BCUT2D eigenvalue weighted by molar-refractivity contribution is 5.91. The van der Waals surface area contributed by atoms with Crippen LogP contribution in [-0.2, 0) is 0 Å². The molecule has 7 heteroatoms. The van der Waals surface area contributed by atoms with Gasteiger partial charge in [-0.15, -0.1) is 5.10 Å². The lowest BCUT2D eigenvalue weighted by molar-refractivity contribution is 0.0851. The van der Waals surface area contributed by atoms with Crippen molar-refractivity contribution in [2.24, 2.45) is 0 Å². The van der Waals surface area contributed by atoms with Crippen molar-refractivity contribution >= 4 is 5.91 Å². The molecule has 2 heterocycles. The Kier molecular flexibility index (Phi) is 3.70. The first kappa shape index (κ1) is 12.0. The molecular weight excluding hydrogens is 220 g/mol. The topological polar surface area (TPSA) is 75.1 Å². The Bertz CT molecular complexity index is 382. The second-order valence-electron chi connectivity index (χ2n) is 4.40. The van der Waals surface area contributed by atoms with Crippen LogP contribution in [0.5, 0.6) is 0 Å². The highest BCUT2D eigenvalue weighted by Crippen LogP contribution is 2.16. The molecule has 2 rings (SSSR count). The first-order valence-electron chi connectivity index (χ1n) is 5.77. The maximum absolute atomic E-state index is 11.7. The molecule has 2 N–H and O–H groups in total. The van der Waals surface area contributed by atoms with Gasteiger partial charge in [-0.1, -0.05) is 5.21 Å². The van der Waals surface area contributed by atoms with E-state index in [0.29, 0.717) is 11.7 Å². The van der Waals surface area contributed by atoms with E-state index in [2.05, 4.69) is 21.1 Å². The number of amides is 1. The van der Waals surface area contributed by atoms with E-state index in [1.165, 1.54) is 0 Å². The van der Waals surface area contributed by atoms with Crippen LogP contribution in [0.25, 0.3) is 0 Å². The fourth-order valence-electron chi connectivity index (χ4n) is 1.89. The number of hydrazine groups is 1. The number of aromatic nitrogens is 3. The maximum atomic E-state index is 11.7. The molecule has 1 saturated heterocycles. The van der Waals surface area contributed by atoms with Crippen molar-refractivity contribution in [3.63, 3.8) is 0 Å². The van der Waals surface area contributed by atoms with Crippen molar-refractivity contribution < 1.29 is 4.79 Å². The van der Waals surface area contributed by atoms with Crippen LogP contribution < -0.4 is 10.7 Å². The van der Waals surface area contributed by atoms with Gasteiger partial charge in [0, 0.05) is 14.1 Å². The third-order valence-corrected chi connectivity index (χ3v) is 2.75. The molecule has 94 valence electrons. The molecular formula is C10H18N6O. The highest BCUT2D eigenvalue weighted by atomic mass is 16.2. The van der Waals surface area contributed by atoms with Gasteiger partial charge in [0.25, 0.3) is 5.91 Å². The molecule has 1 aromatic heterocycles. The molecule has 1 aliphatic heterocycles. The van der Waals surface area contributed by atoms with Gasteiger partial charge in [-0.3, -0.25) is 10.2 Å². The predicted octanol–water partition coefficient (Wildman–Crippen LogP) is -0.591. The normalized spacial score (nSPS) is 17.4. The number of hydrogen-bond donors (Lipinski definition) is 2. The third-order valence-electron chi connectivity index (χ3n) is 2.75. The van der Waals surface area contributed by atoms with Gasteiger partial charge >= 0.3 is 0 Å². The maximum Gasteiger partial charge on any atom is 0.287 e. The molecule has 0 spiro atoms. The van der Waals surface area contributed by atoms with Crippen LogP contribution in [0.1, 0.15) is 29.4 Å². The van der Waals surface area contributed by atoms with Crippen LogP contribution in [0.15, 0.2) is 6.20 Å². The van der Waals surface area contributed by atoms with Crippen LogP contribution in [0.3, 0.4) is 0 Å². The molecule has 7 nitrogen and oxygen atoms in total. The van der Waals surface area contributed by atoms with Crippen molar-refractivity contribution in [3.05, 3.63) is 11.9 Å². The minimum Gasteiger partial charge on any atom is -0.317 e. The Balaban J connectivity index is 2.02. The number of nitrogens with zero attached hydrogens (tertiary/aromatic N) is 4. The minimum atomic E-state index is -0.227. The van der Waals surface area contributed by atoms with Crippen molar-refractivity contribution in [2.45, 2.75) is 18.9 Å². The molecule has 0 saturated carbocycles. The fourth-order valence-corrected chi connectivity index (χ4v) is 1.89. The van der Waals surface area contributed by atoms with E-state index in [-0.39, 0.29) is 5.91 Å². The van der Waals surface area contributed by atoms with Crippen LogP contribution in [0.4, 0.5) is 0 Å². The average molecular weight is 238 g/mol. The van der Waals surface area contributed by atoms with Gasteiger partial charge in [0.2, 0.25) is 0 Å². The van der Waals surface area contributed by atoms with Gasteiger partial charge in [-0.25, -0.2) is 9.69 Å². The van der Waals surface area contributed by atoms with E-state index < -0.39 is 0 Å². The number of carbonyl (C=O) groups is 1. The van der Waals surface area contributed by atoms with Gasteiger partial charge in [0.15, 0.2) is 5.69 Å². The van der Waals surface area contributed by atoms with E-state index in [1.54, 1.807) is 30.0 Å². The summed E-state index contributed by atoms with van der Waals surface area (Å²) < 4.78 is 1.80. The van der Waals surface area contributed by atoms with E-state index >= 15 is 0 Å². The second-order valence-corrected chi connectivity index (χ2v) is 4.40. The van der Waals surface area contributed by atoms with E-state index in [4.69, 9.17) is 0 Å². The monoisotopic (exact) mass is 238 g/mol. The average Bonchev–Trinajstić information content (AvgIpc) is 2.78. The van der Waals surface area contributed by atoms with Gasteiger partial charge in [0.1, 0.15) is 0 Å². The summed E-state index contributed by atoms with van der Waals surface area (Å²) in [6.45, 7) is 1.98. The smallest absolute Gasteiger partial charge is 0.287 e. The minimum absolute atomic E-state index is 0.227. The summed E-state index contributed by atoms with van der Waals surface area (Å²) in [6, 6.07) is 0.352. The summed E-state index contributed by atoms with van der Waals surface area (Å²) in [5.74, 6) is -0.227. The molecule has 0 bridgehead atoms. The number of hydrogen-bond acceptors (Lipinski definition) is 5. The molecule has 0 aromatic carbocycles. The molecule has 0 atom stereocenters. The molecule has 1 aromatic rings. The molecule has 1 fully saturated rings.